The minimum absolute atomic E-state index is 0.111. The summed E-state index contributed by atoms with van der Waals surface area (Å²) in [5.41, 5.74) is -0.111. The van der Waals surface area contributed by atoms with Crippen molar-refractivity contribution in [3.63, 3.8) is 0 Å². The predicted molar refractivity (Wildman–Crippen MR) is 51.4 cm³/mol. The summed E-state index contributed by atoms with van der Waals surface area (Å²) in [4.78, 5) is 0. The highest BCUT2D eigenvalue weighted by atomic mass is 16.7. The van der Waals surface area contributed by atoms with Crippen LogP contribution in [0.1, 0.15) is 39.0 Å². The Morgan fingerprint density at radius 2 is 1.71 bits per heavy atom. The van der Waals surface area contributed by atoms with Crippen LogP contribution in [0.3, 0.4) is 0 Å². The van der Waals surface area contributed by atoms with Gasteiger partial charge in [-0.15, -0.1) is 0 Å². The second-order valence-corrected chi connectivity index (χ2v) is 4.35. The van der Waals surface area contributed by atoms with Gasteiger partial charge >= 0.3 is 0 Å². The molecule has 0 bridgehead atoms. The van der Waals surface area contributed by atoms with Crippen molar-refractivity contribution in [1.82, 2.24) is 0 Å². The molecule has 0 atom stereocenters. The zero-order valence-corrected chi connectivity index (χ0v) is 8.71. The van der Waals surface area contributed by atoms with Gasteiger partial charge in [0.05, 0.1) is 24.7 Å². The maximum Gasteiger partial charge on any atom is 0.168 e. The fourth-order valence-corrected chi connectivity index (χ4v) is 2.44. The molecule has 3 nitrogen and oxygen atoms in total. The summed E-state index contributed by atoms with van der Waals surface area (Å²) in [5.74, 6) is -0.324. The summed E-state index contributed by atoms with van der Waals surface area (Å²) in [6.07, 6.45) is 4.54. The van der Waals surface area contributed by atoms with Gasteiger partial charge in [0, 0.05) is 12.8 Å². The Balaban J connectivity index is 2.01. The van der Waals surface area contributed by atoms with Crippen molar-refractivity contribution in [3.8, 4) is 6.07 Å². The molecule has 2 aliphatic rings. The summed E-state index contributed by atoms with van der Waals surface area (Å²) >= 11 is 0. The van der Waals surface area contributed by atoms with E-state index < -0.39 is 0 Å². The van der Waals surface area contributed by atoms with E-state index in [4.69, 9.17) is 14.7 Å². The normalized spacial score (nSPS) is 28.9. The Hall–Kier alpha value is -0.590. The first kappa shape index (κ1) is 9.95. The summed E-state index contributed by atoms with van der Waals surface area (Å²) in [6, 6.07) is 2.46. The van der Waals surface area contributed by atoms with Crippen LogP contribution in [0.25, 0.3) is 0 Å². The van der Waals surface area contributed by atoms with Crippen molar-refractivity contribution in [2.75, 3.05) is 13.2 Å². The quantitative estimate of drug-likeness (QED) is 0.644. The van der Waals surface area contributed by atoms with Crippen LogP contribution in [0, 0.1) is 16.7 Å². The molecule has 2 fully saturated rings. The standard InChI is InChI=1S/C11H17NO2/c1-2-10(9-12)3-5-11(6-4-10)13-7-8-14-11/h2-8H2,1H3. The van der Waals surface area contributed by atoms with Crippen molar-refractivity contribution in [1.29, 1.82) is 5.26 Å². The highest BCUT2D eigenvalue weighted by Gasteiger charge is 2.45. The molecule has 1 spiro atoms. The molecule has 1 saturated carbocycles. The highest BCUT2D eigenvalue weighted by Crippen LogP contribution is 2.45. The van der Waals surface area contributed by atoms with Crippen molar-refractivity contribution in [3.05, 3.63) is 0 Å². The van der Waals surface area contributed by atoms with E-state index in [1.807, 2.05) is 0 Å². The third kappa shape index (κ3) is 1.53. The Labute approximate surface area is 85.0 Å². The van der Waals surface area contributed by atoms with Crippen LogP contribution in [-0.4, -0.2) is 19.0 Å². The lowest BCUT2D eigenvalue weighted by molar-refractivity contribution is -0.187. The van der Waals surface area contributed by atoms with Crippen LogP contribution < -0.4 is 0 Å². The second kappa shape index (κ2) is 3.52. The van der Waals surface area contributed by atoms with Crippen molar-refractivity contribution in [2.45, 2.75) is 44.8 Å². The van der Waals surface area contributed by atoms with Crippen molar-refractivity contribution < 1.29 is 9.47 Å². The van der Waals surface area contributed by atoms with E-state index in [1.165, 1.54) is 0 Å². The van der Waals surface area contributed by atoms with Gasteiger partial charge in [-0.25, -0.2) is 0 Å². The Morgan fingerprint density at radius 3 is 2.14 bits per heavy atom. The van der Waals surface area contributed by atoms with Gasteiger partial charge in [-0.1, -0.05) is 6.92 Å². The maximum absolute atomic E-state index is 9.14. The summed E-state index contributed by atoms with van der Waals surface area (Å²) < 4.78 is 11.3. The minimum Gasteiger partial charge on any atom is -0.348 e. The van der Waals surface area contributed by atoms with Gasteiger partial charge in [-0.3, -0.25) is 0 Å². The number of hydrogen-bond donors (Lipinski definition) is 0. The average molecular weight is 195 g/mol. The SMILES string of the molecule is CCC1(C#N)CCC2(CC1)OCCO2. The van der Waals surface area contributed by atoms with Crippen LogP contribution >= 0.6 is 0 Å². The van der Waals surface area contributed by atoms with E-state index in [1.54, 1.807) is 0 Å². The van der Waals surface area contributed by atoms with Gasteiger partial charge in [0.2, 0.25) is 0 Å². The molecule has 1 aliphatic heterocycles. The van der Waals surface area contributed by atoms with Crippen LogP contribution in [0.15, 0.2) is 0 Å². The molecule has 0 amide bonds. The van der Waals surface area contributed by atoms with E-state index in [-0.39, 0.29) is 11.2 Å². The Kier molecular flexibility index (Phi) is 2.50. The van der Waals surface area contributed by atoms with Crippen LogP contribution in [-0.2, 0) is 9.47 Å². The summed E-state index contributed by atoms with van der Waals surface area (Å²) in [5, 5.41) is 9.14. The number of nitrogens with zero attached hydrogens (tertiary/aromatic N) is 1. The zero-order valence-electron chi connectivity index (χ0n) is 8.71. The van der Waals surface area contributed by atoms with Crippen LogP contribution in [0.2, 0.25) is 0 Å². The fourth-order valence-electron chi connectivity index (χ4n) is 2.44. The first-order valence-electron chi connectivity index (χ1n) is 5.43. The number of ether oxygens (including phenoxy) is 2. The molecule has 0 unspecified atom stereocenters. The number of rotatable bonds is 1. The first-order chi connectivity index (χ1) is 6.74. The highest BCUT2D eigenvalue weighted by molar-refractivity contribution is 5.03. The van der Waals surface area contributed by atoms with E-state index in [0.717, 1.165) is 32.1 Å². The monoisotopic (exact) mass is 195 g/mol. The Morgan fingerprint density at radius 1 is 1.14 bits per heavy atom. The number of nitriles is 1. The zero-order chi connectivity index (χ0) is 10.1. The van der Waals surface area contributed by atoms with Crippen molar-refractivity contribution >= 4 is 0 Å². The third-order valence-electron chi connectivity index (χ3n) is 3.70. The van der Waals surface area contributed by atoms with Gasteiger partial charge in [0.15, 0.2) is 5.79 Å². The van der Waals surface area contributed by atoms with Gasteiger partial charge in [0.25, 0.3) is 0 Å². The molecular weight excluding hydrogens is 178 g/mol. The van der Waals surface area contributed by atoms with E-state index in [2.05, 4.69) is 13.0 Å². The number of hydrogen-bond acceptors (Lipinski definition) is 3. The lowest BCUT2D eigenvalue weighted by atomic mass is 9.71. The first-order valence-corrected chi connectivity index (χ1v) is 5.43. The molecule has 2 rings (SSSR count). The molecular formula is C11H17NO2. The maximum atomic E-state index is 9.14. The molecule has 0 aromatic carbocycles. The smallest absolute Gasteiger partial charge is 0.168 e. The van der Waals surface area contributed by atoms with Gasteiger partial charge < -0.3 is 9.47 Å². The molecule has 1 aliphatic carbocycles. The Bertz CT molecular complexity index is 241. The molecule has 0 N–H and O–H groups in total. The average Bonchev–Trinajstić information content (AvgIpc) is 2.69. The van der Waals surface area contributed by atoms with Gasteiger partial charge in [-0.05, 0) is 19.3 Å². The van der Waals surface area contributed by atoms with E-state index in [9.17, 15) is 0 Å². The fraction of sp³-hybridized carbons (Fsp3) is 0.909. The third-order valence-corrected chi connectivity index (χ3v) is 3.70. The van der Waals surface area contributed by atoms with Gasteiger partial charge in [0.1, 0.15) is 0 Å². The lowest BCUT2D eigenvalue weighted by Gasteiger charge is -2.39. The largest absolute Gasteiger partial charge is 0.348 e. The molecule has 14 heavy (non-hydrogen) atoms. The molecule has 78 valence electrons. The van der Waals surface area contributed by atoms with Crippen LogP contribution in [0.4, 0.5) is 0 Å². The summed E-state index contributed by atoms with van der Waals surface area (Å²) in [6.45, 7) is 3.52. The molecule has 0 aromatic heterocycles. The molecule has 1 heterocycles. The molecule has 0 radical (unpaired) electrons. The van der Waals surface area contributed by atoms with Gasteiger partial charge in [-0.2, -0.15) is 5.26 Å². The summed E-state index contributed by atoms with van der Waals surface area (Å²) in [7, 11) is 0. The van der Waals surface area contributed by atoms with Crippen LogP contribution in [0.5, 0.6) is 0 Å². The topological polar surface area (TPSA) is 42.2 Å². The molecule has 0 aromatic rings. The van der Waals surface area contributed by atoms with E-state index in [0.29, 0.717) is 13.2 Å². The molecule has 3 heteroatoms. The van der Waals surface area contributed by atoms with E-state index >= 15 is 0 Å². The minimum atomic E-state index is -0.324. The second-order valence-electron chi connectivity index (χ2n) is 4.35. The molecule has 1 saturated heterocycles. The van der Waals surface area contributed by atoms with Crippen molar-refractivity contribution in [2.24, 2.45) is 5.41 Å². The predicted octanol–water partition coefficient (Wildman–Crippen LogP) is 2.22. The lowest BCUT2D eigenvalue weighted by Crippen LogP contribution is -2.39.